The van der Waals surface area contributed by atoms with E-state index in [9.17, 15) is 18.0 Å². The minimum absolute atomic E-state index is 0.00176. The van der Waals surface area contributed by atoms with E-state index in [0.29, 0.717) is 27.4 Å². The Bertz CT molecular complexity index is 1630. The van der Waals surface area contributed by atoms with Crippen LogP contribution in [-0.4, -0.2) is 36.8 Å². The fourth-order valence-corrected chi connectivity index (χ4v) is 6.71. The average Bonchev–Trinajstić information content (AvgIpc) is 3.21. The highest BCUT2D eigenvalue weighted by atomic mass is 35.5. The molecule has 1 saturated heterocycles. The van der Waals surface area contributed by atoms with Crippen LogP contribution in [0.2, 0.25) is 10.0 Å². The molecule has 1 aliphatic heterocycles. The third kappa shape index (κ3) is 5.05. The van der Waals surface area contributed by atoms with Crippen molar-refractivity contribution in [1.82, 2.24) is 4.90 Å². The Morgan fingerprint density at radius 1 is 1.00 bits per heavy atom. The number of halogens is 2. The molecule has 1 aliphatic rings. The zero-order valence-corrected chi connectivity index (χ0v) is 21.3. The summed E-state index contributed by atoms with van der Waals surface area (Å²) in [6, 6.07) is 20.6. The number of sulfone groups is 1. The Hall–Kier alpha value is -3.13. The van der Waals surface area contributed by atoms with Crippen molar-refractivity contribution in [2.45, 2.75) is 19.0 Å². The van der Waals surface area contributed by atoms with Gasteiger partial charge in [0.1, 0.15) is 11.1 Å². The van der Waals surface area contributed by atoms with Gasteiger partial charge in [-0.1, -0.05) is 71.7 Å². The van der Waals surface area contributed by atoms with Gasteiger partial charge in [-0.3, -0.25) is 4.79 Å². The van der Waals surface area contributed by atoms with Crippen LogP contribution in [0.4, 0.5) is 0 Å². The van der Waals surface area contributed by atoms with Gasteiger partial charge in [-0.25, -0.2) is 13.2 Å². The summed E-state index contributed by atoms with van der Waals surface area (Å²) in [7, 11) is -3.27. The summed E-state index contributed by atoms with van der Waals surface area (Å²) in [5.74, 6) is -0.695. The van der Waals surface area contributed by atoms with Crippen LogP contribution in [-0.2, 0) is 16.4 Å². The Morgan fingerprint density at radius 2 is 1.75 bits per heavy atom. The summed E-state index contributed by atoms with van der Waals surface area (Å²) in [6.45, 7) is 0.139. The number of carbonyl (C=O) groups is 1. The van der Waals surface area contributed by atoms with Gasteiger partial charge < -0.3 is 9.32 Å². The molecular formula is C27H21Cl2NO5S. The van der Waals surface area contributed by atoms with Crippen molar-refractivity contribution < 1.29 is 17.6 Å². The summed E-state index contributed by atoms with van der Waals surface area (Å²) in [5.41, 5.74) is 1.98. The summed E-state index contributed by atoms with van der Waals surface area (Å²) in [6.07, 6.45) is 0.311. The molecular weight excluding hydrogens is 521 g/mol. The first-order valence-electron chi connectivity index (χ1n) is 11.3. The number of para-hydroxylation sites is 1. The quantitative estimate of drug-likeness (QED) is 0.307. The van der Waals surface area contributed by atoms with E-state index in [2.05, 4.69) is 0 Å². The second-order valence-corrected chi connectivity index (χ2v) is 11.9. The normalized spacial score (nSPS) is 16.8. The molecule has 6 nitrogen and oxygen atoms in total. The van der Waals surface area contributed by atoms with Crippen molar-refractivity contribution in [3.8, 4) is 11.1 Å². The average molecular weight is 542 g/mol. The molecule has 9 heteroatoms. The Labute approximate surface area is 218 Å². The van der Waals surface area contributed by atoms with Crippen molar-refractivity contribution in [2.75, 3.05) is 11.5 Å². The smallest absolute Gasteiger partial charge is 0.349 e. The maximum absolute atomic E-state index is 13.6. The molecule has 36 heavy (non-hydrogen) atoms. The molecule has 0 radical (unpaired) electrons. The molecule has 1 unspecified atom stereocenters. The van der Waals surface area contributed by atoms with Crippen LogP contribution in [0.15, 0.2) is 82.0 Å². The molecule has 2 heterocycles. The van der Waals surface area contributed by atoms with Gasteiger partial charge in [0.2, 0.25) is 0 Å². The van der Waals surface area contributed by atoms with E-state index in [4.69, 9.17) is 27.6 Å². The lowest BCUT2D eigenvalue weighted by atomic mass is 10.0. The molecule has 3 aromatic carbocycles. The number of rotatable bonds is 5. The topological polar surface area (TPSA) is 84.7 Å². The van der Waals surface area contributed by atoms with Crippen LogP contribution >= 0.6 is 23.2 Å². The van der Waals surface area contributed by atoms with E-state index >= 15 is 0 Å². The molecule has 0 aliphatic carbocycles. The first kappa shape index (κ1) is 24.6. The van der Waals surface area contributed by atoms with E-state index < -0.39 is 27.4 Å². The van der Waals surface area contributed by atoms with E-state index in [1.807, 2.05) is 30.3 Å². The number of nitrogens with zero attached hydrogens (tertiary/aromatic N) is 1. The van der Waals surface area contributed by atoms with Gasteiger partial charge in [0.05, 0.1) is 11.5 Å². The van der Waals surface area contributed by atoms with Crippen LogP contribution in [0.5, 0.6) is 0 Å². The molecule has 1 atom stereocenters. The molecule has 1 amide bonds. The molecule has 0 bridgehead atoms. The maximum Gasteiger partial charge on any atom is 0.349 e. The van der Waals surface area contributed by atoms with Gasteiger partial charge >= 0.3 is 5.63 Å². The zero-order chi connectivity index (χ0) is 25.4. The van der Waals surface area contributed by atoms with Crippen molar-refractivity contribution in [3.05, 3.63) is 104 Å². The van der Waals surface area contributed by atoms with Crippen molar-refractivity contribution in [3.63, 3.8) is 0 Å². The van der Waals surface area contributed by atoms with E-state index in [0.717, 1.165) is 16.7 Å². The molecule has 4 aromatic rings. The standard InChI is InChI=1S/C27H21Cl2NO5S/c28-20-9-10-22(24(29)14-20)18-7-5-17(6-8-18)15-30(21-11-12-36(33,34)16-21)26(31)23-13-19-3-1-2-4-25(19)35-27(23)32/h1-10,13-14,21H,11-12,15-16H2. The largest absolute Gasteiger partial charge is 0.422 e. The second-order valence-electron chi connectivity index (χ2n) is 8.80. The fraction of sp³-hybridized carbons (Fsp3) is 0.185. The molecule has 0 saturated carbocycles. The third-order valence-electron chi connectivity index (χ3n) is 6.33. The molecule has 1 aromatic heterocycles. The second kappa shape index (κ2) is 9.73. The van der Waals surface area contributed by atoms with Gasteiger partial charge in [-0.15, -0.1) is 0 Å². The highest BCUT2D eigenvalue weighted by Crippen LogP contribution is 2.31. The van der Waals surface area contributed by atoms with Gasteiger partial charge in [-0.2, -0.15) is 0 Å². The number of fused-ring (bicyclic) bond motifs is 1. The first-order valence-corrected chi connectivity index (χ1v) is 13.9. The Balaban J connectivity index is 1.48. The molecule has 1 fully saturated rings. The van der Waals surface area contributed by atoms with E-state index in [1.165, 1.54) is 11.0 Å². The highest BCUT2D eigenvalue weighted by Gasteiger charge is 2.36. The lowest BCUT2D eigenvalue weighted by Gasteiger charge is -2.28. The SMILES string of the molecule is O=C(c1cc2ccccc2oc1=O)N(Cc1ccc(-c2ccc(Cl)cc2Cl)cc1)C1CCS(=O)(=O)C1. The molecule has 0 spiro atoms. The number of benzene rings is 3. The lowest BCUT2D eigenvalue weighted by Crippen LogP contribution is -2.42. The van der Waals surface area contributed by atoms with Gasteiger partial charge in [0, 0.05) is 33.6 Å². The van der Waals surface area contributed by atoms with E-state index in [-0.39, 0.29) is 23.6 Å². The van der Waals surface area contributed by atoms with Crippen LogP contribution in [0.1, 0.15) is 22.3 Å². The molecule has 0 N–H and O–H groups in total. The lowest BCUT2D eigenvalue weighted by molar-refractivity contribution is 0.0676. The Kier molecular flexibility index (Phi) is 6.64. The summed E-state index contributed by atoms with van der Waals surface area (Å²) in [5, 5.41) is 1.68. The predicted octanol–water partition coefficient (Wildman–Crippen LogP) is 5.60. The van der Waals surface area contributed by atoms with Crippen LogP contribution in [0, 0.1) is 0 Å². The van der Waals surface area contributed by atoms with Crippen LogP contribution in [0.25, 0.3) is 22.1 Å². The number of hydrogen-bond acceptors (Lipinski definition) is 5. The highest BCUT2D eigenvalue weighted by molar-refractivity contribution is 7.91. The van der Waals surface area contributed by atoms with Gasteiger partial charge in [-0.05, 0) is 41.8 Å². The zero-order valence-electron chi connectivity index (χ0n) is 19.0. The summed E-state index contributed by atoms with van der Waals surface area (Å²) in [4.78, 5) is 27.8. The summed E-state index contributed by atoms with van der Waals surface area (Å²) >= 11 is 12.3. The number of amides is 1. The van der Waals surface area contributed by atoms with Crippen LogP contribution in [0.3, 0.4) is 0 Å². The minimum atomic E-state index is -3.27. The van der Waals surface area contributed by atoms with Crippen molar-refractivity contribution >= 4 is 49.9 Å². The molecule has 5 rings (SSSR count). The van der Waals surface area contributed by atoms with Crippen LogP contribution < -0.4 is 5.63 Å². The first-order chi connectivity index (χ1) is 17.2. The van der Waals surface area contributed by atoms with Gasteiger partial charge in [0.25, 0.3) is 5.91 Å². The Morgan fingerprint density at radius 3 is 2.44 bits per heavy atom. The summed E-state index contributed by atoms with van der Waals surface area (Å²) < 4.78 is 29.8. The monoisotopic (exact) mass is 541 g/mol. The predicted molar refractivity (Wildman–Crippen MR) is 141 cm³/mol. The maximum atomic E-state index is 13.6. The fourth-order valence-electron chi connectivity index (χ4n) is 4.46. The van der Waals surface area contributed by atoms with E-state index in [1.54, 1.807) is 36.4 Å². The third-order valence-corrected chi connectivity index (χ3v) is 8.63. The van der Waals surface area contributed by atoms with Crippen molar-refractivity contribution in [1.29, 1.82) is 0 Å². The molecule has 184 valence electrons. The minimum Gasteiger partial charge on any atom is -0.422 e. The van der Waals surface area contributed by atoms with Gasteiger partial charge in [0.15, 0.2) is 9.84 Å². The van der Waals surface area contributed by atoms with Crippen molar-refractivity contribution in [2.24, 2.45) is 0 Å². The number of carbonyl (C=O) groups excluding carboxylic acids is 1. The number of hydrogen-bond donors (Lipinski definition) is 0.